The molecule has 1 amide bonds. The Morgan fingerprint density at radius 1 is 1.12 bits per heavy atom. The molecule has 6 nitrogen and oxygen atoms in total. The number of amides is 1. The van der Waals surface area contributed by atoms with Crippen molar-refractivity contribution >= 4 is 23.0 Å². The number of aliphatic hydroxyl groups is 1. The van der Waals surface area contributed by atoms with Crippen LogP contribution in [-0.4, -0.2) is 37.3 Å². The molecular formula is C19H22N4O2. The zero-order valence-electron chi connectivity index (χ0n) is 14.3. The highest BCUT2D eigenvalue weighted by atomic mass is 16.3. The second kappa shape index (κ2) is 7.90. The monoisotopic (exact) mass is 338 g/mol. The maximum absolute atomic E-state index is 11.9. The van der Waals surface area contributed by atoms with Crippen molar-refractivity contribution in [1.29, 1.82) is 0 Å². The Morgan fingerprint density at radius 2 is 1.84 bits per heavy atom. The lowest BCUT2D eigenvalue weighted by Gasteiger charge is -2.21. The summed E-state index contributed by atoms with van der Waals surface area (Å²) in [6.45, 7) is 4.30. The Kier molecular flexibility index (Phi) is 5.40. The number of aliphatic hydroxyl groups excluding tert-OH is 1. The van der Waals surface area contributed by atoms with E-state index in [2.05, 4.69) is 27.4 Å². The van der Waals surface area contributed by atoms with Gasteiger partial charge in [0.2, 0.25) is 0 Å². The third-order valence-electron chi connectivity index (χ3n) is 4.27. The molecule has 6 heteroatoms. The van der Waals surface area contributed by atoms with Crippen LogP contribution >= 0.6 is 0 Å². The van der Waals surface area contributed by atoms with E-state index in [0.29, 0.717) is 24.3 Å². The number of hydrogen-bond acceptors (Lipinski definition) is 5. The summed E-state index contributed by atoms with van der Waals surface area (Å²) < 4.78 is 0. The van der Waals surface area contributed by atoms with Crippen molar-refractivity contribution in [3.8, 4) is 0 Å². The van der Waals surface area contributed by atoms with E-state index in [1.807, 2.05) is 36.4 Å². The molecule has 25 heavy (non-hydrogen) atoms. The summed E-state index contributed by atoms with van der Waals surface area (Å²) >= 11 is 0. The van der Waals surface area contributed by atoms with E-state index >= 15 is 0 Å². The van der Waals surface area contributed by atoms with Crippen molar-refractivity contribution in [2.75, 3.05) is 31.1 Å². The Bertz CT molecular complexity index is 771. The largest absolute Gasteiger partial charge is 0.395 e. The second-order valence-corrected chi connectivity index (χ2v) is 5.87. The summed E-state index contributed by atoms with van der Waals surface area (Å²) in [5, 5.41) is 20.4. The summed E-state index contributed by atoms with van der Waals surface area (Å²) in [4.78, 5) is 14.0. The van der Waals surface area contributed by atoms with Gasteiger partial charge in [0.15, 0.2) is 0 Å². The molecule has 1 aliphatic rings. The molecule has 2 N–H and O–H groups in total. The second-order valence-electron chi connectivity index (χ2n) is 5.87. The molecule has 2 aromatic rings. The number of nitrogens with one attached hydrogen (secondary N) is 1. The quantitative estimate of drug-likeness (QED) is 0.794. The summed E-state index contributed by atoms with van der Waals surface area (Å²) in [7, 11) is 0. The van der Waals surface area contributed by atoms with Gasteiger partial charge < -0.3 is 15.3 Å². The maximum atomic E-state index is 11.9. The summed E-state index contributed by atoms with van der Waals surface area (Å²) in [5.41, 5.74) is 4.18. The molecule has 0 saturated carbocycles. The van der Waals surface area contributed by atoms with Crippen LogP contribution in [0.3, 0.4) is 0 Å². The molecule has 0 radical (unpaired) electrons. The van der Waals surface area contributed by atoms with Crippen LogP contribution in [0.4, 0.5) is 17.1 Å². The van der Waals surface area contributed by atoms with Gasteiger partial charge in [-0.1, -0.05) is 6.07 Å². The summed E-state index contributed by atoms with van der Waals surface area (Å²) in [5.74, 6) is -0.0498. The van der Waals surface area contributed by atoms with E-state index < -0.39 is 0 Å². The van der Waals surface area contributed by atoms with Gasteiger partial charge in [0.25, 0.3) is 5.91 Å². The molecule has 0 atom stereocenters. The van der Waals surface area contributed by atoms with Crippen molar-refractivity contribution < 1.29 is 9.90 Å². The smallest absolute Gasteiger partial charge is 0.251 e. The molecule has 0 unspecified atom stereocenters. The van der Waals surface area contributed by atoms with Gasteiger partial charge in [-0.3, -0.25) is 4.79 Å². The van der Waals surface area contributed by atoms with Crippen LogP contribution in [0.1, 0.15) is 22.8 Å². The number of likely N-dealkylation sites (N-methyl/N-ethyl adjacent to an activating group) is 1. The van der Waals surface area contributed by atoms with Crippen LogP contribution < -0.4 is 10.2 Å². The van der Waals surface area contributed by atoms with Crippen molar-refractivity contribution in [2.45, 2.75) is 13.3 Å². The Morgan fingerprint density at radius 3 is 2.56 bits per heavy atom. The van der Waals surface area contributed by atoms with Crippen molar-refractivity contribution in [1.82, 2.24) is 5.32 Å². The van der Waals surface area contributed by atoms with Gasteiger partial charge >= 0.3 is 0 Å². The first-order valence-corrected chi connectivity index (χ1v) is 8.50. The molecule has 130 valence electrons. The van der Waals surface area contributed by atoms with Gasteiger partial charge in [0.05, 0.1) is 18.0 Å². The van der Waals surface area contributed by atoms with Crippen LogP contribution in [0.25, 0.3) is 0 Å². The SMILES string of the molecule is CCN(CCO)c1ccc(N=Nc2ccc3c(c2)C(=O)NCC3)cc1. The third kappa shape index (κ3) is 4.03. The number of carbonyl (C=O) groups excluding carboxylic acids is 1. The Balaban J connectivity index is 1.74. The number of fused-ring (bicyclic) bond motifs is 1. The first-order chi connectivity index (χ1) is 12.2. The number of hydrogen-bond donors (Lipinski definition) is 2. The molecule has 0 aliphatic carbocycles. The van der Waals surface area contributed by atoms with Crippen LogP contribution in [0, 0.1) is 0 Å². The van der Waals surface area contributed by atoms with Crippen molar-refractivity contribution in [2.24, 2.45) is 10.2 Å². The van der Waals surface area contributed by atoms with E-state index in [9.17, 15) is 4.79 Å². The molecule has 1 heterocycles. The predicted molar refractivity (Wildman–Crippen MR) is 98.1 cm³/mol. The average molecular weight is 338 g/mol. The number of nitrogens with zero attached hydrogens (tertiary/aromatic N) is 3. The highest BCUT2D eigenvalue weighted by Gasteiger charge is 2.16. The molecular weight excluding hydrogens is 316 g/mol. The topological polar surface area (TPSA) is 77.3 Å². The number of rotatable bonds is 6. The molecule has 0 bridgehead atoms. The zero-order valence-corrected chi connectivity index (χ0v) is 14.3. The van der Waals surface area contributed by atoms with Crippen molar-refractivity contribution in [3.05, 3.63) is 53.6 Å². The fourth-order valence-corrected chi connectivity index (χ4v) is 2.90. The van der Waals surface area contributed by atoms with E-state index in [1.54, 1.807) is 6.07 Å². The maximum Gasteiger partial charge on any atom is 0.251 e. The van der Waals surface area contributed by atoms with E-state index in [-0.39, 0.29) is 12.5 Å². The molecule has 0 aromatic heterocycles. The summed E-state index contributed by atoms with van der Waals surface area (Å²) in [6, 6.07) is 13.3. The minimum Gasteiger partial charge on any atom is -0.395 e. The Hall–Kier alpha value is -2.73. The van der Waals surface area contributed by atoms with Crippen molar-refractivity contribution in [3.63, 3.8) is 0 Å². The van der Waals surface area contributed by atoms with Gasteiger partial charge in [-0.25, -0.2) is 0 Å². The van der Waals surface area contributed by atoms with Crippen LogP contribution in [0.2, 0.25) is 0 Å². The predicted octanol–water partition coefficient (Wildman–Crippen LogP) is 3.21. The van der Waals surface area contributed by atoms with Gasteiger partial charge in [-0.2, -0.15) is 10.2 Å². The molecule has 3 rings (SSSR count). The van der Waals surface area contributed by atoms with Gasteiger partial charge in [0.1, 0.15) is 0 Å². The number of azo groups is 1. The zero-order chi connectivity index (χ0) is 17.6. The van der Waals surface area contributed by atoms with Crippen LogP contribution in [-0.2, 0) is 6.42 Å². The first kappa shape index (κ1) is 17.1. The van der Waals surface area contributed by atoms with Gasteiger partial charge in [-0.15, -0.1) is 0 Å². The van der Waals surface area contributed by atoms with E-state index in [1.165, 1.54) is 0 Å². The fraction of sp³-hybridized carbons (Fsp3) is 0.316. The third-order valence-corrected chi connectivity index (χ3v) is 4.27. The minimum absolute atomic E-state index is 0.0498. The average Bonchev–Trinajstić information content (AvgIpc) is 2.65. The normalized spacial score (nSPS) is 13.6. The van der Waals surface area contributed by atoms with Gasteiger partial charge in [-0.05, 0) is 55.3 Å². The lowest BCUT2D eigenvalue weighted by atomic mass is 10.00. The Labute approximate surface area is 147 Å². The van der Waals surface area contributed by atoms with Crippen LogP contribution in [0.5, 0.6) is 0 Å². The molecule has 0 spiro atoms. The first-order valence-electron chi connectivity index (χ1n) is 8.50. The lowest BCUT2D eigenvalue weighted by molar-refractivity contribution is 0.0946. The highest BCUT2D eigenvalue weighted by Crippen LogP contribution is 2.25. The van der Waals surface area contributed by atoms with Gasteiger partial charge in [0, 0.05) is 30.9 Å². The lowest BCUT2D eigenvalue weighted by Crippen LogP contribution is -2.31. The number of carbonyl (C=O) groups is 1. The van der Waals surface area contributed by atoms with E-state index in [0.717, 1.165) is 29.9 Å². The number of anilines is 1. The number of benzene rings is 2. The standard InChI is InChI=1S/C19H22N4O2/c1-2-23(11-12-24)17-7-5-15(6-8-17)21-22-16-4-3-14-9-10-20-19(25)18(14)13-16/h3-8,13,24H,2,9-12H2,1H3,(H,20,25). The van der Waals surface area contributed by atoms with E-state index in [4.69, 9.17) is 5.11 Å². The molecule has 2 aromatic carbocycles. The highest BCUT2D eigenvalue weighted by molar-refractivity contribution is 5.97. The molecule has 0 fully saturated rings. The van der Waals surface area contributed by atoms with Crippen LogP contribution in [0.15, 0.2) is 52.7 Å². The fourth-order valence-electron chi connectivity index (χ4n) is 2.90. The molecule has 0 saturated heterocycles. The molecule has 1 aliphatic heterocycles. The minimum atomic E-state index is -0.0498. The summed E-state index contributed by atoms with van der Waals surface area (Å²) in [6.07, 6.45) is 0.849.